The third-order valence-electron chi connectivity index (χ3n) is 4.56. The van der Waals surface area contributed by atoms with E-state index in [1.807, 2.05) is 6.07 Å². The molecule has 1 fully saturated rings. The zero-order valence-electron chi connectivity index (χ0n) is 12.6. The van der Waals surface area contributed by atoms with Crippen molar-refractivity contribution in [1.82, 2.24) is 4.90 Å². The van der Waals surface area contributed by atoms with Crippen LogP contribution in [0.5, 0.6) is 0 Å². The van der Waals surface area contributed by atoms with Crippen LogP contribution in [0.2, 0.25) is 10.0 Å². The Balaban J connectivity index is 2.03. The molecule has 0 atom stereocenters. The molecule has 0 spiro atoms. The quantitative estimate of drug-likeness (QED) is 0.597. The van der Waals surface area contributed by atoms with Gasteiger partial charge in [-0.1, -0.05) is 55.5 Å². The highest BCUT2D eigenvalue weighted by Crippen LogP contribution is 2.45. The number of benzene rings is 1. The number of unbranched alkanes of at least 4 members (excludes halogenated alkanes) is 2. The molecule has 0 saturated heterocycles. The van der Waals surface area contributed by atoms with Gasteiger partial charge >= 0.3 is 0 Å². The van der Waals surface area contributed by atoms with Gasteiger partial charge in [0.1, 0.15) is 0 Å². The number of rotatable bonds is 7. The number of hydrogen-bond acceptors (Lipinski definition) is 1. The molecule has 1 aromatic carbocycles. The molecule has 1 aromatic rings. The molecule has 3 heteroatoms. The van der Waals surface area contributed by atoms with E-state index in [1.54, 1.807) is 0 Å². The van der Waals surface area contributed by atoms with Gasteiger partial charge in [0.15, 0.2) is 0 Å². The first-order chi connectivity index (χ1) is 9.57. The molecule has 0 radical (unpaired) electrons. The Morgan fingerprint density at radius 1 is 1.15 bits per heavy atom. The number of halogens is 2. The predicted octanol–water partition coefficient (Wildman–Crippen LogP) is 5.54. The van der Waals surface area contributed by atoms with Crippen molar-refractivity contribution in [3.8, 4) is 0 Å². The highest BCUT2D eigenvalue weighted by Gasteiger charge is 2.39. The van der Waals surface area contributed by atoms with E-state index in [1.165, 1.54) is 50.6 Å². The average Bonchev–Trinajstić information content (AvgIpc) is 2.38. The first-order valence-electron chi connectivity index (χ1n) is 7.71. The Morgan fingerprint density at radius 3 is 2.45 bits per heavy atom. The second-order valence-corrected chi connectivity index (χ2v) is 7.02. The van der Waals surface area contributed by atoms with Crippen molar-refractivity contribution >= 4 is 23.2 Å². The lowest BCUT2D eigenvalue weighted by Crippen LogP contribution is -2.44. The van der Waals surface area contributed by atoms with Gasteiger partial charge in [0.2, 0.25) is 0 Å². The van der Waals surface area contributed by atoms with Crippen molar-refractivity contribution in [2.24, 2.45) is 0 Å². The minimum atomic E-state index is 0.301. The van der Waals surface area contributed by atoms with Gasteiger partial charge in [-0.25, -0.2) is 0 Å². The molecule has 0 bridgehead atoms. The van der Waals surface area contributed by atoms with Crippen LogP contribution in [-0.2, 0) is 5.41 Å². The summed E-state index contributed by atoms with van der Waals surface area (Å²) < 4.78 is 0. The summed E-state index contributed by atoms with van der Waals surface area (Å²) in [5, 5.41) is 1.34. The van der Waals surface area contributed by atoms with Gasteiger partial charge in [0, 0.05) is 12.0 Å². The fourth-order valence-corrected chi connectivity index (χ4v) is 3.49. The molecule has 0 N–H and O–H groups in total. The molecule has 0 unspecified atom stereocenters. The lowest BCUT2D eigenvalue weighted by atomic mass is 9.64. The summed E-state index contributed by atoms with van der Waals surface area (Å²) in [4.78, 5) is 2.48. The fraction of sp³-hybridized carbons (Fsp3) is 0.647. The van der Waals surface area contributed by atoms with Crippen LogP contribution < -0.4 is 0 Å². The largest absolute Gasteiger partial charge is 0.305 e. The monoisotopic (exact) mass is 313 g/mol. The molecule has 2 rings (SSSR count). The van der Waals surface area contributed by atoms with E-state index >= 15 is 0 Å². The molecule has 0 heterocycles. The van der Waals surface area contributed by atoms with Crippen molar-refractivity contribution in [1.29, 1.82) is 0 Å². The maximum Gasteiger partial charge on any atom is 0.0595 e. The van der Waals surface area contributed by atoms with Gasteiger partial charge < -0.3 is 4.90 Å². The summed E-state index contributed by atoms with van der Waals surface area (Å²) in [5.74, 6) is 0. The first-order valence-corrected chi connectivity index (χ1v) is 8.47. The third-order valence-corrected chi connectivity index (χ3v) is 5.30. The fourth-order valence-electron chi connectivity index (χ4n) is 3.20. The zero-order valence-corrected chi connectivity index (χ0v) is 14.1. The minimum absolute atomic E-state index is 0.301. The van der Waals surface area contributed by atoms with E-state index in [4.69, 9.17) is 23.2 Å². The normalized spacial score (nSPS) is 17.2. The highest BCUT2D eigenvalue weighted by molar-refractivity contribution is 6.42. The SMILES string of the molecule is CCCCCN(C)CC1(c2ccc(Cl)c(Cl)c2)CCC1. The standard InChI is InChI=1S/C17H25Cl2N/c1-3-4-5-11-20(2)13-17(9-6-10-17)14-7-8-15(18)16(19)12-14/h7-8,12H,3-6,9-11,13H2,1-2H3. The van der Waals surface area contributed by atoms with Crippen molar-refractivity contribution in [3.05, 3.63) is 33.8 Å². The van der Waals surface area contributed by atoms with Gasteiger partial charge in [-0.2, -0.15) is 0 Å². The molecule has 112 valence electrons. The Hall–Kier alpha value is -0.240. The van der Waals surface area contributed by atoms with Crippen molar-refractivity contribution in [3.63, 3.8) is 0 Å². The van der Waals surface area contributed by atoms with Gasteiger partial charge in [-0.15, -0.1) is 0 Å². The molecular weight excluding hydrogens is 289 g/mol. The highest BCUT2D eigenvalue weighted by atomic mass is 35.5. The molecule has 1 aliphatic rings. The molecule has 1 saturated carbocycles. The lowest BCUT2D eigenvalue weighted by molar-refractivity contribution is 0.158. The molecule has 20 heavy (non-hydrogen) atoms. The van der Waals surface area contributed by atoms with Crippen LogP contribution in [0.3, 0.4) is 0 Å². The van der Waals surface area contributed by atoms with Crippen LogP contribution in [0, 0.1) is 0 Å². The van der Waals surface area contributed by atoms with Crippen molar-refractivity contribution in [2.75, 3.05) is 20.1 Å². The lowest BCUT2D eigenvalue weighted by Gasteiger charge is -2.45. The van der Waals surface area contributed by atoms with E-state index in [2.05, 4.69) is 31.0 Å². The summed E-state index contributed by atoms with van der Waals surface area (Å²) >= 11 is 12.2. The van der Waals surface area contributed by atoms with E-state index < -0.39 is 0 Å². The summed E-state index contributed by atoms with van der Waals surface area (Å²) in [6.45, 7) is 4.58. The van der Waals surface area contributed by atoms with E-state index in [-0.39, 0.29) is 0 Å². The topological polar surface area (TPSA) is 3.24 Å². The second kappa shape index (κ2) is 7.15. The maximum atomic E-state index is 6.19. The summed E-state index contributed by atoms with van der Waals surface area (Å²) in [6.07, 6.45) is 7.76. The van der Waals surface area contributed by atoms with Crippen molar-refractivity contribution in [2.45, 2.75) is 50.9 Å². The van der Waals surface area contributed by atoms with E-state index in [0.29, 0.717) is 15.5 Å². The van der Waals surface area contributed by atoms with E-state index in [9.17, 15) is 0 Å². The average molecular weight is 314 g/mol. The molecule has 0 amide bonds. The molecule has 0 aromatic heterocycles. The van der Waals surface area contributed by atoms with E-state index in [0.717, 1.165) is 6.54 Å². The van der Waals surface area contributed by atoms with Crippen LogP contribution in [0.15, 0.2) is 18.2 Å². The third kappa shape index (κ3) is 3.69. The Bertz CT molecular complexity index is 441. The Morgan fingerprint density at radius 2 is 1.90 bits per heavy atom. The molecular formula is C17H25Cl2N. The summed E-state index contributed by atoms with van der Waals surface area (Å²) in [6, 6.07) is 6.17. The number of likely N-dealkylation sites (N-methyl/N-ethyl adjacent to an activating group) is 1. The minimum Gasteiger partial charge on any atom is -0.305 e. The molecule has 0 aliphatic heterocycles. The smallest absolute Gasteiger partial charge is 0.0595 e. The van der Waals surface area contributed by atoms with Crippen LogP contribution in [0.4, 0.5) is 0 Å². The zero-order chi connectivity index (χ0) is 14.6. The number of nitrogens with zero attached hydrogens (tertiary/aromatic N) is 1. The van der Waals surface area contributed by atoms with Gasteiger partial charge in [-0.3, -0.25) is 0 Å². The van der Waals surface area contributed by atoms with Crippen LogP contribution in [0.25, 0.3) is 0 Å². The van der Waals surface area contributed by atoms with Crippen LogP contribution >= 0.6 is 23.2 Å². The predicted molar refractivity (Wildman–Crippen MR) is 89.0 cm³/mol. The second-order valence-electron chi connectivity index (χ2n) is 6.21. The van der Waals surface area contributed by atoms with Gasteiger partial charge in [0.25, 0.3) is 0 Å². The Kier molecular flexibility index (Phi) is 5.77. The Labute approximate surface area is 133 Å². The van der Waals surface area contributed by atoms with Gasteiger partial charge in [0.05, 0.1) is 10.0 Å². The number of hydrogen-bond donors (Lipinski definition) is 0. The van der Waals surface area contributed by atoms with Gasteiger partial charge in [-0.05, 0) is 50.6 Å². The molecule has 1 aliphatic carbocycles. The summed E-state index contributed by atoms with van der Waals surface area (Å²) in [5.41, 5.74) is 1.66. The summed E-state index contributed by atoms with van der Waals surface area (Å²) in [7, 11) is 2.24. The van der Waals surface area contributed by atoms with Crippen LogP contribution in [-0.4, -0.2) is 25.0 Å². The molecule has 1 nitrogen and oxygen atoms in total. The maximum absolute atomic E-state index is 6.19. The first kappa shape index (κ1) is 16.1. The van der Waals surface area contributed by atoms with Crippen LogP contribution in [0.1, 0.15) is 51.0 Å². The van der Waals surface area contributed by atoms with Crippen molar-refractivity contribution < 1.29 is 0 Å².